The van der Waals surface area contributed by atoms with Crippen LogP contribution in [0.2, 0.25) is 5.02 Å². The Morgan fingerprint density at radius 1 is 0.881 bits per heavy atom. The van der Waals surface area contributed by atoms with E-state index in [4.69, 9.17) is 11.6 Å². The molecule has 2 aromatic rings. The van der Waals surface area contributed by atoms with E-state index < -0.39 is 23.2 Å². The summed E-state index contributed by atoms with van der Waals surface area (Å²) >= 11 is 6.54. The maximum Gasteiger partial charge on any atom is 0.430 e. The van der Waals surface area contributed by atoms with Gasteiger partial charge in [-0.1, -0.05) is 41.9 Å². The van der Waals surface area contributed by atoms with Gasteiger partial charge >= 0.3 is 6.18 Å². The van der Waals surface area contributed by atoms with Crippen molar-refractivity contribution in [2.45, 2.75) is 56.3 Å². The minimum Gasteiger partial charge on any atom is -0.394 e. The van der Waals surface area contributed by atoms with E-state index >= 15 is 0 Å². The molecule has 2 N–H and O–H groups in total. The molecule has 2 amide bonds. The number of aliphatic hydroxyl groups excluding tert-OH is 1. The third-order valence-electron chi connectivity index (χ3n) is 9.34. The normalized spacial score (nSPS) is 22.3. The predicted molar refractivity (Wildman–Crippen MR) is 153 cm³/mol. The minimum absolute atomic E-state index is 0.0603. The van der Waals surface area contributed by atoms with Crippen molar-refractivity contribution in [1.82, 2.24) is 9.80 Å². The zero-order valence-corrected chi connectivity index (χ0v) is 24.2. The van der Waals surface area contributed by atoms with Gasteiger partial charge in [0.1, 0.15) is 0 Å². The predicted octanol–water partition coefficient (Wildman–Crippen LogP) is 4.84. The SMILES string of the molecule is O=C(c1ccc(N2CCC(C3CCN(C(=O)C(O)(c4ccccc4)C(F)(F)F)CC3)CC2)cc1Cl)N1CCC[C@H]1CO. The number of amides is 2. The summed E-state index contributed by atoms with van der Waals surface area (Å²) in [6.07, 6.45) is -0.509. The zero-order chi connectivity index (χ0) is 30.1. The first kappa shape index (κ1) is 30.6. The van der Waals surface area contributed by atoms with Crippen LogP contribution in [0.5, 0.6) is 0 Å². The zero-order valence-electron chi connectivity index (χ0n) is 23.4. The number of piperidine rings is 2. The molecule has 3 heterocycles. The Morgan fingerprint density at radius 2 is 1.50 bits per heavy atom. The minimum atomic E-state index is -5.14. The number of carbonyl (C=O) groups excluding carboxylic acids is 2. The lowest BCUT2D eigenvalue weighted by atomic mass is 9.78. The van der Waals surface area contributed by atoms with E-state index in [1.54, 1.807) is 11.0 Å². The number of hydrogen-bond acceptors (Lipinski definition) is 5. The third-order valence-corrected chi connectivity index (χ3v) is 9.65. The molecule has 3 fully saturated rings. The highest BCUT2D eigenvalue weighted by molar-refractivity contribution is 6.34. The molecule has 228 valence electrons. The fourth-order valence-corrected chi connectivity index (χ4v) is 7.10. The molecule has 0 bridgehead atoms. The van der Waals surface area contributed by atoms with Gasteiger partial charge in [0.2, 0.25) is 0 Å². The molecule has 0 aliphatic carbocycles. The van der Waals surface area contributed by atoms with Gasteiger partial charge in [-0.05, 0) is 68.6 Å². The van der Waals surface area contributed by atoms with Crippen molar-refractivity contribution in [3.05, 3.63) is 64.7 Å². The number of rotatable bonds is 6. The first-order valence-electron chi connectivity index (χ1n) is 14.6. The lowest BCUT2D eigenvalue weighted by Crippen LogP contribution is -2.57. The molecule has 0 aromatic heterocycles. The summed E-state index contributed by atoms with van der Waals surface area (Å²) in [5, 5.41) is 20.6. The molecule has 5 rings (SSSR count). The van der Waals surface area contributed by atoms with E-state index in [0.29, 0.717) is 35.9 Å². The molecule has 2 aromatic carbocycles. The maximum atomic E-state index is 14.0. The first-order chi connectivity index (χ1) is 20.0. The van der Waals surface area contributed by atoms with Gasteiger partial charge in [0.15, 0.2) is 0 Å². The van der Waals surface area contributed by atoms with Crippen LogP contribution in [0.3, 0.4) is 0 Å². The number of aliphatic hydroxyl groups is 2. The Balaban J connectivity index is 1.16. The Morgan fingerprint density at radius 3 is 2.07 bits per heavy atom. The van der Waals surface area contributed by atoms with E-state index in [1.165, 1.54) is 18.2 Å². The van der Waals surface area contributed by atoms with Gasteiger partial charge in [0, 0.05) is 44.0 Å². The molecule has 0 radical (unpaired) electrons. The van der Waals surface area contributed by atoms with Crippen LogP contribution < -0.4 is 4.90 Å². The monoisotopic (exact) mass is 607 g/mol. The number of halogens is 4. The van der Waals surface area contributed by atoms with Crippen LogP contribution in [-0.2, 0) is 10.4 Å². The second-order valence-electron chi connectivity index (χ2n) is 11.7. The summed E-state index contributed by atoms with van der Waals surface area (Å²) in [5.41, 5.74) is -2.67. The van der Waals surface area contributed by atoms with Crippen LogP contribution in [0.4, 0.5) is 18.9 Å². The van der Waals surface area contributed by atoms with Crippen LogP contribution in [0, 0.1) is 11.8 Å². The Bertz CT molecular complexity index is 1260. The van der Waals surface area contributed by atoms with Crippen molar-refractivity contribution < 1.29 is 33.0 Å². The van der Waals surface area contributed by atoms with Gasteiger partial charge in [0.25, 0.3) is 17.4 Å². The first-order valence-corrected chi connectivity index (χ1v) is 15.0. The highest BCUT2D eigenvalue weighted by atomic mass is 35.5. The van der Waals surface area contributed by atoms with Crippen molar-refractivity contribution in [3.63, 3.8) is 0 Å². The van der Waals surface area contributed by atoms with Crippen LogP contribution in [0.25, 0.3) is 0 Å². The number of benzene rings is 2. The molecule has 3 saturated heterocycles. The second-order valence-corrected chi connectivity index (χ2v) is 12.1. The van der Waals surface area contributed by atoms with Crippen LogP contribution in [0.15, 0.2) is 48.5 Å². The van der Waals surface area contributed by atoms with Crippen molar-refractivity contribution in [1.29, 1.82) is 0 Å². The molecule has 2 atom stereocenters. The molecular formula is C31H37ClF3N3O4. The van der Waals surface area contributed by atoms with Crippen LogP contribution in [0.1, 0.15) is 54.4 Å². The van der Waals surface area contributed by atoms with Crippen LogP contribution in [-0.4, -0.2) is 83.4 Å². The molecule has 7 nitrogen and oxygen atoms in total. The van der Waals surface area contributed by atoms with Crippen LogP contribution >= 0.6 is 11.6 Å². The van der Waals surface area contributed by atoms with E-state index in [-0.39, 0.29) is 37.6 Å². The fourth-order valence-electron chi connectivity index (χ4n) is 6.84. The molecule has 3 aliphatic rings. The van der Waals surface area contributed by atoms with Crippen molar-refractivity contribution in [3.8, 4) is 0 Å². The summed E-state index contributed by atoms with van der Waals surface area (Å²) < 4.78 is 42.0. The lowest BCUT2D eigenvalue weighted by Gasteiger charge is -2.42. The number of hydrogen-bond donors (Lipinski definition) is 2. The summed E-state index contributed by atoms with van der Waals surface area (Å²) in [6, 6.07) is 11.9. The van der Waals surface area contributed by atoms with Gasteiger partial charge in [-0.25, -0.2) is 0 Å². The van der Waals surface area contributed by atoms with Crippen molar-refractivity contribution in [2.24, 2.45) is 11.8 Å². The average Bonchev–Trinajstić information content (AvgIpc) is 3.49. The fraction of sp³-hybridized carbons (Fsp3) is 0.548. The summed E-state index contributed by atoms with van der Waals surface area (Å²) in [4.78, 5) is 31.1. The molecule has 42 heavy (non-hydrogen) atoms. The Hall–Kier alpha value is -2.82. The summed E-state index contributed by atoms with van der Waals surface area (Å²) in [7, 11) is 0. The third kappa shape index (κ3) is 5.85. The molecular weight excluding hydrogens is 571 g/mol. The highest BCUT2D eigenvalue weighted by Gasteiger charge is 2.62. The van der Waals surface area contributed by atoms with Gasteiger partial charge in [-0.15, -0.1) is 0 Å². The quantitative estimate of drug-likeness (QED) is 0.491. The van der Waals surface area contributed by atoms with E-state index in [0.717, 1.165) is 61.5 Å². The molecule has 11 heteroatoms. The van der Waals surface area contributed by atoms with Gasteiger partial charge < -0.3 is 24.9 Å². The van der Waals surface area contributed by atoms with E-state index in [2.05, 4.69) is 4.90 Å². The average molecular weight is 608 g/mol. The number of alkyl halides is 3. The molecule has 0 spiro atoms. The Kier molecular flexibility index (Phi) is 9.06. The number of carbonyl (C=O) groups is 2. The lowest BCUT2D eigenvalue weighted by molar-refractivity contribution is -0.262. The van der Waals surface area contributed by atoms with E-state index in [1.807, 2.05) is 12.1 Å². The molecule has 0 saturated carbocycles. The number of nitrogens with zero attached hydrogens (tertiary/aromatic N) is 3. The number of anilines is 1. The van der Waals surface area contributed by atoms with Gasteiger partial charge in [-0.2, -0.15) is 13.2 Å². The summed E-state index contributed by atoms with van der Waals surface area (Å²) in [5.74, 6) is -0.805. The van der Waals surface area contributed by atoms with Gasteiger partial charge in [0.05, 0.1) is 23.2 Å². The summed E-state index contributed by atoms with van der Waals surface area (Å²) in [6.45, 7) is 2.47. The standard InChI is InChI=1S/C31H37ClF3N3O4/c32-27-19-24(8-9-26(27)28(40)38-14-4-7-25(38)20-39)36-15-10-21(11-16-36)22-12-17-37(18-13-22)29(41)30(42,31(33,34)35)23-5-2-1-3-6-23/h1-3,5-6,8-9,19,21-22,25,39,42H,4,7,10-18,20H2/t25-,30?/m0/s1. The van der Waals surface area contributed by atoms with Crippen molar-refractivity contribution >= 4 is 29.1 Å². The smallest absolute Gasteiger partial charge is 0.394 e. The van der Waals surface area contributed by atoms with Crippen molar-refractivity contribution in [2.75, 3.05) is 44.2 Å². The molecule has 1 unspecified atom stereocenters. The van der Waals surface area contributed by atoms with Gasteiger partial charge in [-0.3, -0.25) is 9.59 Å². The highest BCUT2D eigenvalue weighted by Crippen LogP contribution is 2.42. The van der Waals surface area contributed by atoms with E-state index in [9.17, 15) is 33.0 Å². The number of likely N-dealkylation sites (tertiary alicyclic amines) is 2. The maximum absolute atomic E-state index is 14.0. The largest absolute Gasteiger partial charge is 0.430 e. The topological polar surface area (TPSA) is 84.3 Å². The molecule has 3 aliphatic heterocycles. The Labute approximate surface area is 248 Å². The second kappa shape index (κ2) is 12.4.